The molecular formula is C21H22ClF4N5O3. The van der Waals surface area contributed by atoms with E-state index in [4.69, 9.17) is 16.3 Å². The number of carbonyl (C=O) groups excluding carboxylic acids is 2. The largest absolute Gasteiger partial charge is 0.451 e. The van der Waals surface area contributed by atoms with Crippen molar-refractivity contribution in [3.8, 4) is 11.1 Å². The molecule has 8 nitrogen and oxygen atoms in total. The van der Waals surface area contributed by atoms with Crippen LogP contribution in [0.15, 0.2) is 24.7 Å². The van der Waals surface area contributed by atoms with Gasteiger partial charge in [-0.25, -0.2) is 19.2 Å². The van der Waals surface area contributed by atoms with Crippen LogP contribution in [-0.4, -0.2) is 56.2 Å². The second-order valence-electron chi connectivity index (χ2n) is 8.65. The summed E-state index contributed by atoms with van der Waals surface area (Å²) in [4.78, 5) is 36.8. The first kappa shape index (κ1) is 25.6. The molecule has 1 fully saturated rings. The lowest BCUT2D eigenvalue weighted by molar-refractivity contribution is -0.145. The number of hydrogen-bond donors (Lipinski definition) is 1. The van der Waals surface area contributed by atoms with Crippen molar-refractivity contribution in [1.29, 1.82) is 0 Å². The Labute approximate surface area is 197 Å². The Morgan fingerprint density at radius 2 is 1.82 bits per heavy atom. The number of likely N-dealkylation sites (tertiary alicyclic amines) is 1. The number of alkyl halides is 4. The molecule has 0 aliphatic carbocycles. The van der Waals surface area contributed by atoms with E-state index in [2.05, 4.69) is 20.3 Å². The molecule has 0 saturated carbocycles. The Balaban J connectivity index is 1.70. The molecule has 1 N–H and O–H groups in total. The normalized spacial score (nSPS) is 18.6. The van der Waals surface area contributed by atoms with Gasteiger partial charge in [0.15, 0.2) is 0 Å². The van der Waals surface area contributed by atoms with E-state index in [9.17, 15) is 27.2 Å². The van der Waals surface area contributed by atoms with Gasteiger partial charge in [0.05, 0.1) is 23.8 Å². The molecular weight excluding hydrogens is 482 g/mol. The number of pyridine rings is 1. The summed E-state index contributed by atoms with van der Waals surface area (Å²) < 4.78 is 57.3. The number of hydrogen-bond acceptors (Lipinski definition) is 6. The van der Waals surface area contributed by atoms with Crippen molar-refractivity contribution in [2.45, 2.75) is 57.7 Å². The van der Waals surface area contributed by atoms with Crippen LogP contribution >= 0.6 is 11.6 Å². The highest BCUT2D eigenvalue weighted by molar-refractivity contribution is 6.33. The average Bonchev–Trinajstić information content (AvgIpc) is 3.13. The van der Waals surface area contributed by atoms with Crippen LogP contribution in [-0.2, 0) is 22.3 Å². The Morgan fingerprint density at radius 3 is 2.41 bits per heavy atom. The predicted molar refractivity (Wildman–Crippen MR) is 113 cm³/mol. The highest BCUT2D eigenvalue weighted by atomic mass is 35.5. The van der Waals surface area contributed by atoms with Crippen molar-refractivity contribution in [2.24, 2.45) is 0 Å². The molecule has 1 aliphatic rings. The fourth-order valence-corrected chi connectivity index (χ4v) is 3.48. The zero-order valence-electron chi connectivity index (χ0n) is 18.5. The van der Waals surface area contributed by atoms with E-state index in [1.807, 2.05) is 0 Å². The Morgan fingerprint density at radius 1 is 1.18 bits per heavy atom. The van der Waals surface area contributed by atoms with Crippen LogP contribution in [0.3, 0.4) is 0 Å². The summed E-state index contributed by atoms with van der Waals surface area (Å²) >= 11 is 6.12. The number of halogens is 5. The number of ether oxygens (including phenoxy) is 1. The van der Waals surface area contributed by atoms with E-state index in [1.165, 1.54) is 12.3 Å². The van der Waals surface area contributed by atoms with Gasteiger partial charge >= 0.3 is 12.3 Å². The smallest absolute Gasteiger partial charge is 0.444 e. The zero-order chi connectivity index (χ0) is 25.3. The lowest BCUT2D eigenvalue weighted by Gasteiger charge is -2.27. The predicted octanol–water partition coefficient (Wildman–Crippen LogP) is 4.17. The third kappa shape index (κ3) is 6.31. The lowest BCUT2D eigenvalue weighted by Crippen LogP contribution is -2.47. The molecule has 0 aromatic carbocycles. The molecule has 2 amide bonds. The van der Waals surface area contributed by atoms with Crippen LogP contribution in [0.4, 0.5) is 22.4 Å². The zero-order valence-corrected chi connectivity index (χ0v) is 19.2. The summed E-state index contributed by atoms with van der Waals surface area (Å²) in [7, 11) is 0. The quantitative estimate of drug-likeness (QED) is 0.629. The fraction of sp³-hybridized carbons (Fsp3) is 0.476. The molecule has 3 heterocycles. The first-order valence-corrected chi connectivity index (χ1v) is 10.6. The highest BCUT2D eigenvalue weighted by Crippen LogP contribution is 2.30. The lowest BCUT2D eigenvalue weighted by atomic mass is 10.1. The summed E-state index contributed by atoms with van der Waals surface area (Å²) in [6.07, 6.45) is -3.77. The minimum Gasteiger partial charge on any atom is -0.444 e. The van der Waals surface area contributed by atoms with Gasteiger partial charge in [-0.2, -0.15) is 13.2 Å². The summed E-state index contributed by atoms with van der Waals surface area (Å²) in [5.74, 6) is -1.88. The van der Waals surface area contributed by atoms with Crippen LogP contribution in [0.1, 0.15) is 38.7 Å². The number of aromatic nitrogens is 3. The van der Waals surface area contributed by atoms with Crippen molar-refractivity contribution >= 4 is 23.6 Å². The van der Waals surface area contributed by atoms with Gasteiger partial charge in [0, 0.05) is 36.1 Å². The van der Waals surface area contributed by atoms with E-state index < -0.39 is 41.8 Å². The molecule has 34 heavy (non-hydrogen) atoms. The second kappa shape index (κ2) is 9.69. The summed E-state index contributed by atoms with van der Waals surface area (Å²) in [5.41, 5.74) is 0.0548. The van der Waals surface area contributed by atoms with Crippen molar-refractivity contribution < 1.29 is 31.9 Å². The molecule has 0 spiro atoms. The maximum atomic E-state index is 14.0. The molecule has 0 bridgehead atoms. The van der Waals surface area contributed by atoms with E-state index in [0.29, 0.717) is 11.3 Å². The molecule has 0 unspecified atom stereocenters. The Hall–Kier alpha value is -3.02. The maximum Gasteiger partial charge on any atom is 0.451 e. The van der Waals surface area contributed by atoms with Gasteiger partial charge in [-0.1, -0.05) is 11.6 Å². The van der Waals surface area contributed by atoms with E-state index >= 15 is 0 Å². The van der Waals surface area contributed by atoms with Crippen molar-refractivity contribution in [3.63, 3.8) is 0 Å². The SMILES string of the molecule is CC(C)(C)OC(=O)N1C[C@H](F)C[C@H]1C(=O)NCc1cc(-c2cnc(C(F)(F)F)nc2)c(Cl)cn1. The minimum atomic E-state index is -4.68. The first-order chi connectivity index (χ1) is 15.7. The standard InChI is InChI=1S/C21H22ClF4N5O3/c1-20(2,3)34-19(33)31-10-12(23)4-16(31)17(32)28-8-13-5-14(15(22)9-27-13)11-6-29-18(30-7-11)21(24,25)26/h5-7,9,12,16H,4,8,10H2,1-3H3,(H,28,32)/t12-,16+/m1/s1. The average molecular weight is 504 g/mol. The molecule has 3 rings (SSSR count). The highest BCUT2D eigenvalue weighted by Gasteiger charge is 2.41. The van der Waals surface area contributed by atoms with Crippen molar-refractivity contribution in [2.75, 3.05) is 6.54 Å². The van der Waals surface area contributed by atoms with Crippen molar-refractivity contribution in [3.05, 3.63) is 41.2 Å². The Kier molecular flexibility index (Phi) is 7.29. The van der Waals surface area contributed by atoms with Gasteiger partial charge in [0.1, 0.15) is 17.8 Å². The van der Waals surface area contributed by atoms with Crippen LogP contribution in [0.25, 0.3) is 11.1 Å². The second-order valence-corrected chi connectivity index (χ2v) is 9.06. The Bertz CT molecular complexity index is 1060. The molecule has 2 aromatic rings. The van der Waals surface area contributed by atoms with Gasteiger partial charge in [0.25, 0.3) is 0 Å². The van der Waals surface area contributed by atoms with Gasteiger partial charge < -0.3 is 10.1 Å². The van der Waals surface area contributed by atoms with E-state index in [1.54, 1.807) is 20.8 Å². The molecule has 2 atom stereocenters. The number of rotatable bonds is 4. The summed E-state index contributed by atoms with van der Waals surface area (Å²) in [6.45, 7) is 4.63. The molecule has 13 heteroatoms. The number of nitrogens with one attached hydrogen (secondary N) is 1. The van der Waals surface area contributed by atoms with Gasteiger partial charge in [-0.05, 0) is 26.8 Å². The third-order valence-corrected chi connectivity index (χ3v) is 5.05. The van der Waals surface area contributed by atoms with Gasteiger partial charge in [-0.15, -0.1) is 0 Å². The van der Waals surface area contributed by atoms with Crippen LogP contribution in [0.2, 0.25) is 5.02 Å². The topological polar surface area (TPSA) is 97.3 Å². The van der Waals surface area contributed by atoms with Crippen molar-refractivity contribution in [1.82, 2.24) is 25.2 Å². The maximum absolute atomic E-state index is 14.0. The van der Waals surface area contributed by atoms with Crippen LogP contribution in [0.5, 0.6) is 0 Å². The number of carbonyl (C=O) groups is 2. The monoisotopic (exact) mass is 503 g/mol. The third-order valence-electron chi connectivity index (χ3n) is 4.75. The summed E-state index contributed by atoms with van der Waals surface area (Å²) in [5, 5.41) is 2.74. The number of nitrogens with zero attached hydrogens (tertiary/aromatic N) is 4. The molecule has 0 radical (unpaired) electrons. The van der Waals surface area contributed by atoms with Gasteiger partial charge in [-0.3, -0.25) is 14.7 Å². The van der Waals surface area contributed by atoms with E-state index in [-0.39, 0.29) is 30.1 Å². The fourth-order valence-electron chi connectivity index (χ4n) is 3.26. The first-order valence-electron chi connectivity index (χ1n) is 10.2. The van der Waals surface area contributed by atoms with Crippen LogP contribution in [0, 0.1) is 0 Å². The van der Waals surface area contributed by atoms with Gasteiger partial charge in [0.2, 0.25) is 11.7 Å². The minimum absolute atomic E-state index is 0.0971. The number of amides is 2. The summed E-state index contributed by atoms with van der Waals surface area (Å²) in [6, 6.07) is 0.409. The van der Waals surface area contributed by atoms with E-state index in [0.717, 1.165) is 17.3 Å². The molecule has 1 aliphatic heterocycles. The molecule has 2 aromatic heterocycles. The molecule has 1 saturated heterocycles. The molecule has 184 valence electrons. The van der Waals surface area contributed by atoms with Crippen LogP contribution < -0.4 is 5.32 Å².